The van der Waals surface area contributed by atoms with Gasteiger partial charge in [0.1, 0.15) is 18.2 Å². The molecular formula is C29H28FN5O5. The van der Waals surface area contributed by atoms with Gasteiger partial charge in [0.05, 0.1) is 36.3 Å². The van der Waals surface area contributed by atoms with Crippen molar-refractivity contribution in [2.45, 2.75) is 31.5 Å². The maximum Gasteiger partial charge on any atom is 0.411 e. The molecular weight excluding hydrogens is 517 g/mol. The van der Waals surface area contributed by atoms with Gasteiger partial charge >= 0.3 is 12.1 Å². The van der Waals surface area contributed by atoms with Crippen LogP contribution < -0.4 is 10.1 Å². The third kappa shape index (κ3) is 5.15. The van der Waals surface area contributed by atoms with Gasteiger partial charge in [0.15, 0.2) is 0 Å². The maximum absolute atomic E-state index is 13.8. The van der Waals surface area contributed by atoms with Crippen LogP contribution in [0.4, 0.5) is 19.9 Å². The van der Waals surface area contributed by atoms with Gasteiger partial charge < -0.3 is 29.7 Å². The minimum absolute atomic E-state index is 0.147. The molecule has 1 fully saturated rings. The summed E-state index contributed by atoms with van der Waals surface area (Å²) < 4.78 is 19.5. The molecule has 2 aliphatic rings. The maximum atomic E-state index is 13.8. The van der Waals surface area contributed by atoms with E-state index in [1.807, 2.05) is 36.4 Å². The quantitative estimate of drug-likeness (QED) is 0.288. The van der Waals surface area contributed by atoms with E-state index in [2.05, 4.69) is 15.3 Å². The summed E-state index contributed by atoms with van der Waals surface area (Å²) in [4.78, 5) is 35.5. The number of piperidine rings is 1. The standard InChI is InChI=1S/C29H28FN5O5/c30-21-5-1-17(2-6-21)25-15-22(36)9-10-35(25)29(39)34-11-12-40-26-8-4-18(13-20(26)16-34)19-3-7-23-24(14-19)32-27(31-23)33-28(37)38/h1-8,13-14,22,25,36H,9-12,15-16H2,(H,37,38)(H2,31,32,33)/t22-,25+/m0/s1. The van der Waals surface area contributed by atoms with E-state index < -0.39 is 12.2 Å². The molecule has 1 aromatic heterocycles. The molecule has 4 aromatic rings. The average molecular weight is 546 g/mol. The molecule has 0 saturated carbocycles. The number of fused-ring (bicyclic) bond motifs is 2. The lowest BCUT2D eigenvalue weighted by atomic mass is 9.93. The van der Waals surface area contributed by atoms with E-state index in [-0.39, 0.29) is 23.8 Å². The van der Waals surface area contributed by atoms with E-state index in [4.69, 9.17) is 9.84 Å². The lowest BCUT2D eigenvalue weighted by molar-refractivity contribution is 0.0456. The van der Waals surface area contributed by atoms with Gasteiger partial charge in [-0.15, -0.1) is 0 Å². The Balaban J connectivity index is 1.25. The number of likely N-dealkylation sites (tertiary alicyclic amines) is 1. The number of hydrogen-bond acceptors (Lipinski definition) is 5. The second-order valence-corrected chi connectivity index (χ2v) is 10.1. The van der Waals surface area contributed by atoms with Crippen LogP contribution in [0.25, 0.3) is 22.2 Å². The number of imidazole rings is 1. The number of carbonyl (C=O) groups excluding carboxylic acids is 1. The number of hydrogen-bond donors (Lipinski definition) is 4. The number of nitrogens with one attached hydrogen (secondary N) is 2. The third-order valence-electron chi connectivity index (χ3n) is 7.43. The van der Waals surface area contributed by atoms with Gasteiger partial charge in [0.2, 0.25) is 5.95 Å². The Hall–Kier alpha value is -4.64. The van der Waals surface area contributed by atoms with Crippen molar-refractivity contribution in [2.75, 3.05) is 25.0 Å². The molecule has 0 bridgehead atoms. The Bertz CT molecular complexity index is 1570. The zero-order chi connectivity index (χ0) is 27.8. The van der Waals surface area contributed by atoms with Gasteiger partial charge in [-0.05, 0) is 65.9 Å². The number of aromatic nitrogens is 2. The lowest BCUT2D eigenvalue weighted by Gasteiger charge is -2.40. The number of anilines is 1. The molecule has 3 aromatic carbocycles. The van der Waals surface area contributed by atoms with E-state index >= 15 is 0 Å². The Morgan fingerprint density at radius 2 is 1.82 bits per heavy atom. The molecule has 0 aliphatic carbocycles. The largest absolute Gasteiger partial charge is 0.491 e. The molecule has 0 unspecified atom stereocenters. The van der Waals surface area contributed by atoms with Gasteiger partial charge in [-0.3, -0.25) is 5.32 Å². The molecule has 6 rings (SSSR count). The van der Waals surface area contributed by atoms with E-state index in [0.717, 1.165) is 22.3 Å². The van der Waals surface area contributed by atoms with Crippen molar-refractivity contribution in [3.63, 3.8) is 0 Å². The molecule has 3 heterocycles. The molecule has 4 N–H and O–H groups in total. The van der Waals surface area contributed by atoms with Gasteiger partial charge in [-0.25, -0.2) is 19.0 Å². The van der Waals surface area contributed by atoms with Gasteiger partial charge in [-0.2, -0.15) is 0 Å². The number of rotatable bonds is 3. The van der Waals surface area contributed by atoms with Crippen molar-refractivity contribution in [1.29, 1.82) is 0 Å². The molecule has 40 heavy (non-hydrogen) atoms. The summed E-state index contributed by atoms with van der Waals surface area (Å²) in [5, 5.41) is 21.5. The van der Waals surface area contributed by atoms with Gasteiger partial charge in [0, 0.05) is 12.1 Å². The Morgan fingerprint density at radius 3 is 2.62 bits per heavy atom. The highest BCUT2D eigenvalue weighted by atomic mass is 19.1. The first-order chi connectivity index (χ1) is 19.3. The van der Waals surface area contributed by atoms with Crippen molar-refractivity contribution in [3.05, 3.63) is 77.6 Å². The monoisotopic (exact) mass is 545 g/mol. The molecule has 0 radical (unpaired) electrons. The number of halogens is 1. The fourth-order valence-electron chi connectivity index (χ4n) is 5.44. The first-order valence-electron chi connectivity index (χ1n) is 13.1. The van der Waals surface area contributed by atoms with Crippen molar-refractivity contribution >= 4 is 29.1 Å². The van der Waals surface area contributed by atoms with Gasteiger partial charge in [-0.1, -0.05) is 24.3 Å². The van der Waals surface area contributed by atoms with Crippen LogP contribution in [0.5, 0.6) is 5.75 Å². The highest BCUT2D eigenvalue weighted by molar-refractivity contribution is 5.87. The molecule has 11 heteroatoms. The summed E-state index contributed by atoms with van der Waals surface area (Å²) in [7, 11) is 0. The zero-order valence-corrected chi connectivity index (χ0v) is 21.5. The van der Waals surface area contributed by atoms with Crippen LogP contribution >= 0.6 is 0 Å². The second kappa shape index (κ2) is 10.5. The molecule has 2 aliphatic heterocycles. The summed E-state index contributed by atoms with van der Waals surface area (Å²) >= 11 is 0. The highest BCUT2D eigenvalue weighted by Crippen LogP contribution is 2.35. The van der Waals surface area contributed by atoms with Crippen LogP contribution in [-0.4, -0.2) is 67.9 Å². The van der Waals surface area contributed by atoms with Crippen molar-refractivity contribution in [3.8, 4) is 16.9 Å². The summed E-state index contributed by atoms with van der Waals surface area (Å²) in [6.45, 7) is 1.48. The number of aromatic amines is 1. The number of ether oxygens (including phenoxy) is 1. The van der Waals surface area contributed by atoms with Crippen molar-refractivity contribution < 1.29 is 28.9 Å². The fourth-order valence-corrected chi connectivity index (χ4v) is 5.44. The Morgan fingerprint density at radius 1 is 1.05 bits per heavy atom. The van der Waals surface area contributed by atoms with Crippen LogP contribution in [0.15, 0.2) is 60.7 Å². The highest BCUT2D eigenvalue weighted by Gasteiger charge is 2.35. The van der Waals surface area contributed by atoms with Crippen LogP contribution in [-0.2, 0) is 6.54 Å². The first-order valence-corrected chi connectivity index (χ1v) is 13.1. The number of carbonyl (C=O) groups is 2. The number of urea groups is 1. The van der Waals surface area contributed by atoms with E-state index in [0.29, 0.717) is 55.9 Å². The molecule has 10 nitrogen and oxygen atoms in total. The van der Waals surface area contributed by atoms with E-state index in [9.17, 15) is 19.1 Å². The van der Waals surface area contributed by atoms with E-state index in [1.54, 1.807) is 21.9 Å². The Labute approximate surface area is 229 Å². The molecule has 206 valence electrons. The van der Waals surface area contributed by atoms with Crippen LogP contribution in [0, 0.1) is 5.82 Å². The number of nitrogens with zero attached hydrogens (tertiary/aromatic N) is 3. The zero-order valence-electron chi connectivity index (χ0n) is 21.5. The number of carboxylic acid groups (broad SMARTS) is 1. The van der Waals surface area contributed by atoms with Gasteiger partial charge in [0.25, 0.3) is 0 Å². The molecule has 3 amide bonds. The minimum Gasteiger partial charge on any atom is -0.491 e. The fraction of sp³-hybridized carbons (Fsp3) is 0.276. The second-order valence-electron chi connectivity index (χ2n) is 10.1. The SMILES string of the molecule is O=C(O)Nc1nc2cc(-c3ccc4c(c3)CN(C(=O)N3CC[C@H](O)C[C@@H]3c3ccc(F)cc3)CCO4)ccc2[nH]1. The molecule has 0 spiro atoms. The van der Waals surface area contributed by atoms with Crippen molar-refractivity contribution in [1.82, 2.24) is 19.8 Å². The summed E-state index contributed by atoms with van der Waals surface area (Å²) in [5.41, 5.74) is 4.74. The predicted octanol–water partition coefficient (Wildman–Crippen LogP) is 4.97. The number of amides is 3. The number of H-pyrrole nitrogens is 1. The smallest absolute Gasteiger partial charge is 0.411 e. The first kappa shape index (κ1) is 25.6. The van der Waals surface area contributed by atoms with Crippen LogP contribution in [0.2, 0.25) is 0 Å². The van der Waals surface area contributed by atoms with Crippen LogP contribution in [0.1, 0.15) is 30.0 Å². The van der Waals surface area contributed by atoms with E-state index in [1.165, 1.54) is 12.1 Å². The summed E-state index contributed by atoms with van der Waals surface area (Å²) in [6, 6.07) is 17.0. The predicted molar refractivity (Wildman–Crippen MR) is 146 cm³/mol. The summed E-state index contributed by atoms with van der Waals surface area (Å²) in [6.07, 6.45) is -0.859. The normalized spacial score (nSPS) is 19.1. The minimum atomic E-state index is -1.20. The Kier molecular flexibility index (Phi) is 6.72. The van der Waals surface area contributed by atoms with Crippen LogP contribution in [0.3, 0.4) is 0 Å². The number of aliphatic hydroxyl groups excluding tert-OH is 1. The lowest BCUT2D eigenvalue weighted by Crippen LogP contribution is -2.49. The number of benzene rings is 3. The molecule has 2 atom stereocenters. The van der Waals surface area contributed by atoms with Crippen molar-refractivity contribution in [2.24, 2.45) is 0 Å². The molecule has 1 saturated heterocycles. The average Bonchev–Trinajstić information content (AvgIpc) is 3.20. The topological polar surface area (TPSA) is 131 Å². The third-order valence-corrected chi connectivity index (χ3v) is 7.43. The summed E-state index contributed by atoms with van der Waals surface area (Å²) in [5.74, 6) is 0.504. The number of aliphatic hydroxyl groups is 1.